The summed E-state index contributed by atoms with van der Waals surface area (Å²) in [7, 11) is -5.15. The summed E-state index contributed by atoms with van der Waals surface area (Å²) in [6.07, 6.45) is 29.1. The van der Waals surface area contributed by atoms with Crippen molar-refractivity contribution in [2.24, 2.45) is 0 Å². The molecule has 1 aliphatic rings. The van der Waals surface area contributed by atoms with E-state index in [9.17, 15) is 49.7 Å². The van der Waals surface area contributed by atoms with Crippen LogP contribution in [0.25, 0.3) is 0 Å². The lowest BCUT2D eigenvalue weighted by atomic mass is 9.85. The second-order valence-corrected chi connectivity index (χ2v) is 17.1. The minimum Gasteiger partial charge on any atom is -0.462 e. The largest absolute Gasteiger partial charge is 0.472 e. The molecule has 15 heteroatoms. The number of ether oxygens (including phenoxy) is 2. The van der Waals surface area contributed by atoms with Crippen LogP contribution in [0.5, 0.6) is 0 Å². The van der Waals surface area contributed by atoms with Gasteiger partial charge in [-0.25, -0.2) is 4.57 Å². The van der Waals surface area contributed by atoms with Gasteiger partial charge >= 0.3 is 19.8 Å². The molecule has 1 aliphatic carbocycles. The molecule has 7 unspecified atom stereocenters. The second kappa shape index (κ2) is 36.6. The second-order valence-electron chi connectivity index (χ2n) is 15.7. The van der Waals surface area contributed by atoms with Crippen LogP contribution in [0.3, 0.4) is 0 Å². The summed E-state index contributed by atoms with van der Waals surface area (Å²) in [5, 5.41) is 59.6. The number of esters is 2. The highest BCUT2D eigenvalue weighted by Crippen LogP contribution is 2.47. The fourth-order valence-electron chi connectivity index (χ4n) is 6.33. The summed E-state index contributed by atoms with van der Waals surface area (Å²) in [4.78, 5) is 35.7. The Hall–Kier alpha value is -2.75. The van der Waals surface area contributed by atoms with E-state index >= 15 is 0 Å². The average Bonchev–Trinajstić information content (AvgIpc) is 3.25. The van der Waals surface area contributed by atoms with E-state index in [1.807, 2.05) is 43.4 Å². The van der Waals surface area contributed by atoms with E-state index in [0.29, 0.717) is 25.7 Å². The normalized spacial score (nSPS) is 23.0. The molecule has 0 amide bonds. The third kappa shape index (κ3) is 28.8. The minimum absolute atomic E-state index is 0.000390. The predicted octanol–water partition coefficient (Wildman–Crippen LogP) is 7.69. The smallest absolute Gasteiger partial charge is 0.462 e. The molecular formula is C47H79O14P. The van der Waals surface area contributed by atoms with E-state index in [0.717, 1.165) is 57.8 Å². The molecule has 0 heterocycles. The minimum atomic E-state index is -5.15. The number of aliphatic hydroxyl groups excluding tert-OH is 6. The zero-order valence-corrected chi connectivity index (χ0v) is 38.1. The van der Waals surface area contributed by atoms with Crippen LogP contribution in [0.1, 0.15) is 149 Å². The van der Waals surface area contributed by atoms with Gasteiger partial charge in [0, 0.05) is 12.8 Å². The van der Waals surface area contributed by atoms with Crippen molar-refractivity contribution in [3.05, 3.63) is 72.9 Å². The Labute approximate surface area is 370 Å². The number of carbonyl (C=O) groups is 2. The maximum Gasteiger partial charge on any atom is 0.472 e. The predicted molar refractivity (Wildman–Crippen MR) is 241 cm³/mol. The topological polar surface area (TPSA) is 230 Å². The molecule has 1 saturated carbocycles. The van der Waals surface area contributed by atoms with Crippen molar-refractivity contribution in [3.8, 4) is 0 Å². The summed E-state index contributed by atoms with van der Waals surface area (Å²) >= 11 is 0. The number of aliphatic hydroxyl groups is 6. The number of phosphoric acid groups is 1. The van der Waals surface area contributed by atoms with Gasteiger partial charge in [-0.15, -0.1) is 0 Å². The zero-order chi connectivity index (χ0) is 45.9. The highest BCUT2D eigenvalue weighted by Gasteiger charge is 2.51. The third-order valence-electron chi connectivity index (χ3n) is 10.2. The summed E-state index contributed by atoms with van der Waals surface area (Å²) in [6.45, 7) is 2.90. The van der Waals surface area contributed by atoms with Crippen molar-refractivity contribution in [1.29, 1.82) is 0 Å². The van der Waals surface area contributed by atoms with E-state index in [-0.39, 0.29) is 12.8 Å². The molecule has 0 spiro atoms. The summed E-state index contributed by atoms with van der Waals surface area (Å²) in [6, 6.07) is 0. The molecule has 7 N–H and O–H groups in total. The highest BCUT2D eigenvalue weighted by molar-refractivity contribution is 7.47. The molecule has 62 heavy (non-hydrogen) atoms. The molecule has 0 aromatic rings. The van der Waals surface area contributed by atoms with Crippen LogP contribution in [0.2, 0.25) is 0 Å². The van der Waals surface area contributed by atoms with Crippen LogP contribution in [-0.2, 0) is 32.7 Å². The number of carbonyl (C=O) groups excluding carboxylic acids is 2. The quantitative estimate of drug-likeness (QED) is 0.0105. The summed E-state index contributed by atoms with van der Waals surface area (Å²) < 4.78 is 33.4. The first-order valence-corrected chi connectivity index (χ1v) is 24.3. The van der Waals surface area contributed by atoms with Crippen molar-refractivity contribution in [2.45, 2.75) is 198 Å². The number of rotatable bonds is 36. The highest BCUT2D eigenvalue weighted by atomic mass is 31.2. The molecule has 1 rings (SSSR count). The molecule has 0 aromatic heterocycles. The van der Waals surface area contributed by atoms with Crippen LogP contribution in [0.15, 0.2) is 72.9 Å². The molecule has 0 aliphatic heterocycles. The Morgan fingerprint density at radius 2 is 1.06 bits per heavy atom. The molecule has 7 atom stereocenters. The maximum absolute atomic E-state index is 12.8. The summed E-state index contributed by atoms with van der Waals surface area (Å²) in [5.74, 6) is -1.20. The van der Waals surface area contributed by atoms with Crippen LogP contribution in [0.4, 0.5) is 0 Å². The fourth-order valence-corrected chi connectivity index (χ4v) is 7.30. The van der Waals surface area contributed by atoms with Gasteiger partial charge in [0.05, 0.1) is 12.7 Å². The van der Waals surface area contributed by atoms with Crippen LogP contribution >= 0.6 is 7.82 Å². The zero-order valence-electron chi connectivity index (χ0n) is 37.2. The average molecular weight is 899 g/mol. The number of phosphoric ester groups is 1. The van der Waals surface area contributed by atoms with Gasteiger partial charge in [-0.1, -0.05) is 138 Å². The first-order chi connectivity index (χ1) is 29.8. The van der Waals surface area contributed by atoms with Gasteiger partial charge in [0.2, 0.25) is 0 Å². The van der Waals surface area contributed by atoms with E-state index in [4.69, 9.17) is 18.5 Å². The van der Waals surface area contributed by atoms with Gasteiger partial charge in [0.1, 0.15) is 43.2 Å². The van der Waals surface area contributed by atoms with Gasteiger partial charge in [-0.05, 0) is 70.6 Å². The number of hydrogen-bond acceptors (Lipinski definition) is 13. The Kier molecular flexibility index (Phi) is 33.8. The fraction of sp³-hybridized carbons (Fsp3) is 0.702. The van der Waals surface area contributed by atoms with E-state index in [1.54, 1.807) is 6.08 Å². The van der Waals surface area contributed by atoms with E-state index in [2.05, 4.69) is 37.3 Å². The van der Waals surface area contributed by atoms with Crippen molar-refractivity contribution < 1.29 is 68.2 Å². The van der Waals surface area contributed by atoms with E-state index < -0.39 is 81.8 Å². The van der Waals surface area contributed by atoms with Gasteiger partial charge in [0.15, 0.2) is 6.10 Å². The lowest BCUT2D eigenvalue weighted by Gasteiger charge is -2.41. The van der Waals surface area contributed by atoms with Crippen molar-refractivity contribution in [2.75, 3.05) is 13.2 Å². The van der Waals surface area contributed by atoms with Gasteiger partial charge in [-0.2, -0.15) is 0 Å². The lowest BCUT2D eigenvalue weighted by molar-refractivity contribution is -0.220. The molecule has 1 fully saturated rings. The molecule has 0 bridgehead atoms. The first-order valence-electron chi connectivity index (χ1n) is 22.8. The Bertz CT molecular complexity index is 1380. The van der Waals surface area contributed by atoms with Crippen LogP contribution in [-0.4, -0.2) is 110 Å². The van der Waals surface area contributed by atoms with Crippen molar-refractivity contribution in [1.82, 2.24) is 0 Å². The van der Waals surface area contributed by atoms with Gasteiger partial charge in [0.25, 0.3) is 0 Å². The maximum atomic E-state index is 12.8. The van der Waals surface area contributed by atoms with Crippen LogP contribution in [0, 0.1) is 0 Å². The molecule has 14 nitrogen and oxygen atoms in total. The Morgan fingerprint density at radius 3 is 1.66 bits per heavy atom. The SMILES string of the molecule is CCCCCCCCC=CCCCCCCCC(=O)OCC(COP(=O)(O)OC1C(O)C(O)C(O)C(O)C1O)OC(=O)CCCC=CCC=CCC=CCC=CC=CC(O)CC. The Morgan fingerprint density at radius 1 is 0.581 bits per heavy atom. The van der Waals surface area contributed by atoms with Crippen molar-refractivity contribution in [3.63, 3.8) is 0 Å². The molecular weight excluding hydrogens is 819 g/mol. The molecule has 0 radical (unpaired) electrons. The van der Waals surface area contributed by atoms with E-state index in [1.165, 1.54) is 38.5 Å². The lowest BCUT2D eigenvalue weighted by Crippen LogP contribution is -2.64. The Balaban J connectivity index is 2.53. The molecule has 0 saturated heterocycles. The molecule has 0 aromatic carbocycles. The number of allylic oxidation sites excluding steroid dienone is 11. The molecule has 356 valence electrons. The number of hydrogen-bond donors (Lipinski definition) is 7. The van der Waals surface area contributed by atoms with Gasteiger partial charge in [-0.3, -0.25) is 18.6 Å². The third-order valence-corrected chi connectivity index (χ3v) is 11.2. The summed E-state index contributed by atoms with van der Waals surface area (Å²) in [5.41, 5.74) is 0. The van der Waals surface area contributed by atoms with Crippen LogP contribution < -0.4 is 0 Å². The first kappa shape index (κ1) is 57.3. The standard InChI is InChI=1S/C47H79O14P/c1-3-5-6-7-8-9-10-11-12-16-19-22-25-28-31-34-40(49)58-36-39(37-59-62(56,57)61-47-45(54)43(52)42(51)44(53)46(47)55)60-41(50)35-32-29-26-23-20-17-14-13-15-18-21-24-27-30-33-38(48)4-2/h11-12,14-15,17-18,23-24,26-27,30,33,38-39,42-48,51-55H,3-10,13,16,19-22,25,28-29,31-32,34-37H2,1-2H3,(H,56,57). The number of unbranched alkanes of at least 4 members (excludes halogenated alkanes) is 12. The van der Waals surface area contributed by atoms with Gasteiger partial charge < -0.3 is 45.0 Å². The monoisotopic (exact) mass is 899 g/mol. The van der Waals surface area contributed by atoms with Crippen molar-refractivity contribution >= 4 is 19.8 Å².